The van der Waals surface area contributed by atoms with Crippen molar-refractivity contribution in [3.8, 4) is 0 Å². The van der Waals surface area contributed by atoms with Gasteiger partial charge in [0.2, 0.25) is 0 Å². The van der Waals surface area contributed by atoms with Crippen LogP contribution in [-0.2, 0) is 11.2 Å². The number of pyridine rings is 1. The van der Waals surface area contributed by atoms with Gasteiger partial charge in [-0.15, -0.1) is 0 Å². The number of halogens is 1. The molecule has 1 fully saturated rings. The second-order valence-corrected chi connectivity index (χ2v) is 9.27. The second kappa shape index (κ2) is 5.47. The van der Waals surface area contributed by atoms with Crippen molar-refractivity contribution in [3.63, 3.8) is 0 Å². The molecule has 0 aliphatic heterocycles. The average molecular weight is 418 g/mol. The van der Waals surface area contributed by atoms with Crippen molar-refractivity contribution in [3.05, 3.63) is 32.8 Å². The predicted molar refractivity (Wildman–Crippen MR) is 86.5 cm³/mol. The van der Waals surface area contributed by atoms with Crippen LogP contribution in [-0.4, -0.2) is 24.9 Å². The van der Waals surface area contributed by atoms with Gasteiger partial charge in [0.15, 0.2) is 0 Å². The van der Waals surface area contributed by atoms with Gasteiger partial charge in [-0.25, -0.2) is 0 Å². The molecule has 0 bridgehead atoms. The van der Waals surface area contributed by atoms with Gasteiger partial charge >= 0.3 is 140 Å². The van der Waals surface area contributed by atoms with Crippen LogP contribution in [0.1, 0.15) is 56.1 Å². The molecule has 5 heteroatoms. The summed E-state index contributed by atoms with van der Waals surface area (Å²) < 4.78 is 4.34. The van der Waals surface area contributed by atoms with Crippen molar-refractivity contribution in [1.29, 1.82) is 0 Å². The van der Waals surface area contributed by atoms with Gasteiger partial charge in [0.25, 0.3) is 0 Å². The van der Waals surface area contributed by atoms with Crippen LogP contribution in [0.2, 0.25) is 0 Å². The van der Waals surface area contributed by atoms with Crippen LogP contribution in [0.5, 0.6) is 0 Å². The number of hydrogen-bond donors (Lipinski definition) is 2. The fourth-order valence-corrected chi connectivity index (χ4v) is 7.31. The van der Waals surface area contributed by atoms with E-state index in [2.05, 4.69) is 25.4 Å². The van der Waals surface area contributed by atoms with Gasteiger partial charge in [-0.05, 0) is 0 Å². The molecule has 0 aromatic carbocycles. The summed E-state index contributed by atoms with van der Waals surface area (Å²) in [5.74, 6) is 0. The molecular formula is C16H21BrNO2Se+. The quantitative estimate of drug-likeness (QED) is 0.737. The number of hydrogen-bond acceptors (Lipinski definition) is 2. The Morgan fingerprint density at radius 2 is 1.90 bits per heavy atom. The summed E-state index contributed by atoms with van der Waals surface area (Å²) in [5, 5.41) is 21.5. The van der Waals surface area contributed by atoms with E-state index in [4.69, 9.17) is 0 Å². The molecular weight excluding hydrogens is 397 g/mol. The SMILES string of the molecule is CC(C)(O)c1cccc2c(Br)c(C3(O)CCCCC3)[se][n+]12. The topological polar surface area (TPSA) is 44.6 Å². The van der Waals surface area contributed by atoms with Gasteiger partial charge in [-0.1, -0.05) is 0 Å². The van der Waals surface area contributed by atoms with E-state index < -0.39 is 11.2 Å². The molecule has 1 saturated carbocycles. The van der Waals surface area contributed by atoms with Gasteiger partial charge in [0, 0.05) is 0 Å². The van der Waals surface area contributed by atoms with Crippen LogP contribution in [0.25, 0.3) is 5.52 Å². The van der Waals surface area contributed by atoms with E-state index in [0.29, 0.717) is 0 Å². The first-order valence-corrected chi connectivity index (χ1v) is 9.84. The predicted octanol–water partition coefficient (Wildman–Crippen LogP) is 2.62. The Kier molecular flexibility index (Phi) is 4.08. The third-order valence-electron chi connectivity index (χ3n) is 4.28. The summed E-state index contributed by atoms with van der Waals surface area (Å²) in [7, 11) is 0. The van der Waals surface area contributed by atoms with E-state index in [-0.39, 0.29) is 14.7 Å². The molecule has 2 N–H and O–H groups in total. The molecule has 1 aliphatic rings. The molecule has 0 unspecified atom stereocenters. The standard InChI is InChI=1S/C16H21BrNO2Se/c1-15(2,19)12-8-6-7-11-13(17)14(21-18(11)12)16(20)9-4-3-5-10-16/h6-8,19-20H,3-5,9-10H2,1-2H3/q+1. The van der Waals surface area contributed by atoms with Crippen molar-refractivity contribution >= 4 is 36.2 Å². The van der Waals surface area contributed by atoms with Crippen molar-refractivity contribution < 1.29 is 13.6 Å². The monoisotopic (exact) mass is 418 g/mol. The summed E-state index contributed by atoms with van der Waals surface area (Å²) in [6.45, 7) is 3.62. The molecule has 0 saturated heterocycles. The van der Waals surface area contributed by atoms with E-state index >= 15 is 0 Å². The summed E-state index contributed by atoms with van der Waals surface area (Å²) in [6.07, 6.45) is 5.11. The Bertz CT molecular complexity index is 669. The second-order valence-electron chi connectivity index (χ2n) is 6.48. The molecule has 2 heterocycles. The van der Waals surface area contributed by atoms with E-state index in [0.717, 1.165) is 45.8 Å². The van der Waals surface area contributed by atoms with Crippen LogP contribution in [0.4, 0.5) is 0 Å². The fourth-order valence-electron chi connectivity index (χ4n) is 3.11. The van der Waals surface area contributed by atoms with Crippen molar-refractivity contribution in [2.24, 2.45) is 0 Å². The van der Waals surface area contributed by atoms with Gasteiger partial charge in [0.1, 0.15) is 0 Å². The average Bonchev–Trinajstić information content (AvgIpc) is 2.77. The molecule has 0 amide bonds. The van der Waals surface area contributed by atoms with E-state index in [1.807, 2.05) is 26.0 Å². The first-order chi connectivity index (χ1) is 9.83. The summed E-state index contributed by atoms with van der Waals surface area (Å²) in [4.78, 5) is 0. The van der Waals surface area contributed by atoms with Crippen molar-refractivity contribution in [2.45, 2.75) is 57.2 Å². The van der Waals surface area contributed by atoms with Gasteiger partial charge in [-0.2, -0.15) is 0 Å². The number of nitrogens with zero attached hydrogens (tertiary/aromatic N) is 1. The molecule has 114 valence electrons. The Morgan fingerprint density at radius 1 is 1.24 bits per heavy atom. The van der Waals surface area contributed by atoms with Crippen LogP contribution in [0.3, 0.4) is 0 Å². The summed E-state index contributed by atoms with van der Waals surface area (Å²) in [6, 6.07) is 6.00. The van der Waals surface area contributed by atoms with Crippen molar-refractivity contribution in [2.75, 3.05) is 0 Å². The Balaban J connectivity index is 2.20. The molecule has 2 aromatic heterocycles. The molecule has 2 aromatic rings. The molecule has 21 heavy (non-hydrogen) atoms. The summed E-state index contributed by atoms with van der Waals surface area (Å²) in [5.41, 5.74) is 0.435. The van der Waals surface area contributed by atoms with Crippen LogP contribution < -0.4 is 3.40 Å². The minimum absolute atomic E-state index is 0.00313. The molecule has 1 aliphatic carbocycles. The zero-order valence-corrected chi connectivity index (χ0v) is 15.7. The maximum absolute atomic E-state index is 11.1. The maximum atomic E-state index is 11.1. The van der Waals surface area contributed by atoms with Crippen molar-refractivity contribution in [1.82, 2.24) is 0 Å². The Labute approximate surface area is 139 Å². The van der Waals surface area contributed by atoms with E-state index in [9.17, 15) is 10.2 Å². The minimum atomic E-state index is -0.879. The van der Waals surface area contributed by atoms with Crippen LogP contribution in [0.15, 0.2) is 22.7 Å². The molecule has 0 spiro atoms. The van der Waals surface area contributed by atoms with Gasteiger partial charge in [-0.3, -0.25) is 0 Å². The number of aromatic nitrogens is 1. The van der Waals surface area contributed by atoms with Crippen LogP contribution in [0, 0.1) is 0 Å². The molecule has 0 radical (unpaired) electrons. The number of aliphatic hydroxyl groups is 2. The Morgan fingerprint density at radius 3 is 2.52 bits per heavy atom. The zero-order chi connectivity index (χ0) is 15.3. The van der Waals surface area contributed by atoms with E-state index in [1.54, 1.807) is 0 Å². The van der Waals surface area contributed by atoms with Gasteiger partial charge in [0.05, 0.1) is 0 Å². The van der Waals surface area contributed by atoms with E-state index in [1.165, 1.54) is 6.42 Å². The van der Waals surface area contributed by atoms with Crippen LogP contribution >= 0.6 is 15.9 Å². The number of rotatable bonds is 2. The molecule has 3 rings (SSSR count). The van der Waals surface area contributed by atoms with Gasteiger partial charge < -0.3 is 0 Å². The first kappa shape index (κ1) is 15.7. The molecule has 0 atom stereocenters. The third kappa shape index (κ3) is 2.75. The summed E-state index contributed by atoms with van der Waals surface area (Å²) >= 11 is 3.70. The number of fused-ring (bicyclic) bond motifs is 1. The third-order valence-corrected chi connectivity index (χ3v) is 8.49. The zero-order valence-electron chi connectivity index (χ0n) is 12.4. The fraction of sp³-hybridized carbons (Fsp3) is 0.562. The molecule has 3 nitrogen and oxygen atoms in total. The first-order valence-electron chi connectivity index (χ1n) is 7.42. The Hall–Kier alpha value is -0.191. The normalized spacial score (nSPS) is 19.1.